The van der Waals surface area contributed by atoms with Crippen molar-refractivity contribution in [2.45, 2.75) is 4.90 Å². The second-order valence-corrected chi connectivity index (χ2v) is 5.61. The Labute approximate surface area is 92.6 Å². The third-order valence-electron chi connectivity index (χ3n) is 2.08. The molecule has 78 valence electrons. The summed E-state index contributed by atoms with van der Waals surface area (Å²) >= 11 is 5.94. The van der Waals surface area contributed by atoms with E-state index in [1.54, 1.807) is 18.2 Å². The second kappa shape index (κ2) is 3.47. The van der Waals surface area contributed by atoms with Gasteiger partial charge in [0.2, 0.25) is 0 Å². The number of hydrogen-bond acceptors (Lipinski definition) is 3. The van der Waals surface area contributed by atoms with Crippen LogP contribution in [-0.2, 0) is 9.84 Å². The Morgan fingerprint density at radius 1 is 1.27 bits per heavy atom. The standard InChI is InChI=1S/C10H8ClNO2S/c1-15(13,14)9-4-2-3-7-8(11)5-6-12-10(7)9/h2-6H,1H3. The van der Waals surface area contributed by atoms with Gasteiger partial charge in [0.25, 0.3) is 0 Å². The predicted octanol–water partition coefficient (Wildman–Crippen LogP) is 2.29. The van der Waals surface area contributed by atoms with Crippen molar-refractivity contribution in [3.8, 4) is 0 Å². The molecule has 0 aliphatic carbocycles. The Bertz CT molecular complexity index is 622. The molecule has 0 spiro atoms. The van der Waals surface area contributed by atoms with E-state index >= 15 is 0 Å². The van der Waals surface area contributed by atoms with Crippen LogP contribution >= 0.6 is 11.6 Å². The third-order valence-corrected chi connectivity index (χ3v) is 3.54. The van der Waals surface area contributed by atoms with Crippen LogP contribution in [0.2, 0.25) is 5.02 Å². The lowest BCUT2D eigenvalue weighted by Crippen LogP contribution is -1.99. The quantitative estimate of drug-likeness (QED) is 0.770. The fourth-order valence-electron chi connectivity index (χ4n) is 1.41. The van der Waals surface area contributed by atoms with E-state index in [0.717, 1.165) is 6.26 Å². The van der Waals surface area contributed by atoms with Crippen LogP contribution in [0.3, 0.4) is 0 Å². The molecule has 0 aliphatic rings. The molecule has 0 fully saturated rings. The van der Waals surface area contributed by atoms with Gasteiger partial charge in [-0.1, -0.05) is 23.7 Å². The lowest BCUT2D eigenvalue weighted by Gasteiger charge is -2.04. The topological polar surface area (TPSA) is 47.0 Å². The van der Waals surface area contributed by atoms with E-state index in [4.69, 9.17) is 11.6 Å². The van der Waals surface area contributed by atoms with Crippen molar-refractivity contribution in [3.63, 3.8) is 0 Å². The highest BCUT2D eigenvalue weighted by Gasteiger charge is 2.13. The van der Waals surface area contributed by atoms with Gasteiger partial charge in [-0.05, 0) is 12.1 Å². The lowest BCUT2D eigenvalue weighted by molar-refractivity contribution is 0.602. The van der Waals surface area contributed by atoms with Crippen molar-refractivity contribution in [1.29, 1.82) is 0 Å². The summed E-state index contributed by atoms with van der Waals surface area (Å²) in [7, 11) is -3.27. The zero-order chi connectivity index (χ0) is 11.1. The molecule has 1 aromatic carbocycles. The maximum Gasteiger partial charge on any atom is 0.177 e. The molecule has 2 rings (SSSR count). The highest BCUT2D eigenvalue weighted by molar-refractivity contribution is 7.91. The summed E-state index contributed by atoms with van der Waals surface area (Å²) in [6.07, 6.45) is 2.66. The number of rotatable bonds is 1. The fourth-order valence-corrected chi connectivity index (χ4v) is 2.46. The Morgan fingerprint density at radius 3 is 2.67 bits per heavy atom. The van der Waals surface area contributed by atoms with Crippen LogP contribution in [0.4, 0.5) is 0 Å². The number of halogens is 1. The van der Waals surface area contributed by atoms with Crippen molar-refractivity contribution < 1.29 is 8.42 Å². The van der Waals surface area contributed by atoms with Crippen LogP contribution in [0, 0.1) is 0 Å². The number of benzene rings is 1. The number of hydrogen-bond donors (Lipinski definition) is 0. The SMILES string of the molecule is CS(=O)(=O)c1cccc2c(Cl)ccnc12. The van der Waals surface area contributed by atoms with Crippen molar-refractivity contribution in [2.24, 2.45) is 0 Å². The Hall–Kier alpha value is -1.13. The zero-order valence-corrected chi connectivity index (χ0v) is 9.51. The summed E-state index contributed by atoms with van der Waals surface area (Å²) in [5, 5.41) is 1.16. The number of para-hydroxylation sites is 1. The van der Waals surface area contributed by atoms with Crippen molar-refractivity contribution >= 4 is 32.3 Å². The minimum absolute atomic E-state index is 0.211. The molecule has 0 N–H and O–H groups in total. The summed E-state index contributed by atoms with van der Waals surface area (Å²) in [6, 6.07) is 6.57. The van der Waals surface area contributed by atoms with Crippen LogP contribution < -0.4 is 0 Å². The number of sulfone groups is 1. The van der Waals surface area contributed by atoms with Crippen molar-refractivity contribution in [3.05, 3.63) is 35.5 Å². The van der Waals surface area contributed by atoms with Crippen molar-refractivity contribution in [1.82, 2.24) is 4.98 Å². The van der Waals surface area contributed by atoms with Gasteiger partial charge in [0.1, 0.15) is 0 Å². The van der Waals surface area contributed by atoms with Crippen LogP contribution in [-0.4, -0.2) is 19.7 Å². The van der Waals surface area contributed by atoms with E-state index < -0.39 is 9.84 Å². The first-order valence-electron chi connectivity index (χ1n) is 4.23. The Balaban J connectivity index is 2.96. The maximum atomic E-state index is 11.5. The molecule has 5 heteroatoms. The van der Waals surface area contributed by atoms with Gasteiger partial charge in [0.05, 0.1) is 15.4 Å². The summed E-state index contributed by atoms with van der Waals surface area (Å²) < 4.78 is 23.0. The zero-order valence-electron chi connectivity index (χ0n) is 7.94. The van der Waals surface area contributed by atoms with Gasteiger partial charge in [-0.3, -0.25) is 4.98 Å². The molecule has 0 unspecified atom stereocenters. The minimum atomic E-state index is -3.27. The normalized spacial score (nSPS) is 11.9. The molecule has 1 aromatic heterocycles. The smallest absolute Gasteiger partial charge is 0.177 e. The molecule has 15 heavy (non-hydrogen) atoms. The highest BCUT2D eigenvalue weighted by atomic mass is 35.5. The van der Waals surface area contributed by atoms with E-state index in [1.807, 2.05) is 0 Å². The molecule has 0 amide bonds. The largest absolute Gasteiger partial charge is 0.255 e. The van der Waals surface area contributed by atoms with E-state index in [-0.39, 0.29) is 4.90 Å². The number of pyridine rings is 1. The lowest BCUT2D eigenvalue weighted by atomic mass is 10.2. The molecule has 0 saturated heterocycles. The monoisotopic (exact) mass is 241 g/mol. The first-order valence-corrected chi connectivity index (χ1v) is 6.50. The van der Waals surface area contributed by atoms with E-state index in [9.17, 15) is 8.42 Å². The Morgan fingerprint density at radius 2 is 2.00 bits per heavy atom. The van der Waals surface area contributed by atoms with Gasteiger partial charge in [-0.2, -0.15) is 0 Å². The fraction of sp³-hybridized carbons (Fsp3) is 0.100. The summed E-state index contributed by atoms with van der Waals surface area (Å²) in [5.41, 5.74) is 0.424. The second-order valence-electron chi connectivity index (χ2n) is 3.22. The van der Waals surface area contributed by atoms with Crippen LogP contribution in [0.25, 0.3) is 10.9 Å². The van der Waals surface area contributed by atoms with Gasteiger partial charge >= 0.3 is 0 Å². The van der Waals surface area contributed by atoms with Gasteiger partial charge in [-0.15, -0.1) is 0 Å². The van der Waals surface area contributed by atoms with Gasteiger partial charge in [0.15, 0.2) is 9.84 Å². The molecule has 0 bridgehead atoms. The first-order chi connectivity index (χ1) is 7.00. The molecule has 1 heterocycles. The van der Waals surface area contributed by atoms with Crippen LogP contribution in [0.15, 0.2) is 35.4 Å². The van der Waals surface area contributed by atoms with Crippen LogP contribution in [0.1, 0.15) is 0 Å². The first kappa shape index (κ1) is 10.4. The molecule has 0 aliphatic heterocycles. The Kier molecular flexibility index (Phi) is 2.40. The van der Waals surface area contributed by atoms with E-state index in [1.165, 1.54) is 12.3 Å². The number of aromatic nitrogens is 1. The molecule has 0 atom stereocenters. The average Bonchev–Trinajstić information content (AvgIpc) is 2.16. The summed E-state index contributed by atoms with van der Waals surface area (Å²) in [4.78, 5) is 4.26. The molecule has 0 saturated carbocycles. The number of nitrogens with zero attached hydrogens (tertiary/aromatic N) is 1. The highest BCUT2D eigenvalue weighted by Crippen LogP contribution is 2.26. The molecule has 3 nitrogen and oxygen atoms in total. The third kappa shape index (κ3) is 1.82. The average molecular weight is 242 g/mol. The molecular weight excluding hydrogens is 234 g/mol. The van der Waals surface area contributed by atoms with Gasteiger partial charge in [0, 0.05) is 17.8 Å². The minimum Gasteiger partial charge on any atom is -0.255 e. The summed E-state index contributed by atoms with van der Waals surface area (Å²) in [5.74, 6) is 0. The van der Waals surface area contributed by atoms with Gasteiger partial charge < -0.3 is 0 Å². The predicted molar refractivity (Wildman–Crippen MR) is 59.9 cm³/mol. The van der Waals surface area contributed by atoms with E-state index in [0.29, 0.717) is 15.9 Å². The molecule has 0 radical (unpaired) electrons. The van der Waals surface area contributed by atoms with E-state index in [2.05, 4.69) is 4.98 Å². The molecular formula is C10H8ClNO2S. The number of fused-ring (bicyclic) bond motifs is 1. The molecule has 2 aromatic rings. The summed E-state index contributed by atoms with van der Waals surface area (Å²) in [6.45, 7) is 0. The van der Waals surface area contributed by atoms with Crippen molar-refractivity contribution in [2.75, 3.05) is 6.26 Å². The van der Waals surface area contributed by atoms with Gasteiger partial charge in [-0.25, -0.2) is 8.42 Å². The maximum absolute atomic E-state index is 11.5. The van der Waals surface area contributed by atoms with Crippen LogP contribution in [0.5, 0.6) is 0 Å².